The number of hydrogen-bond donors (Lipinski definition) is 2. The van der Waals surface area contributed by atoms with Crippen molar-refractivity contribution < 1.29 is 4.74 Å². The summed E-state index contributed by atoms with van der Waals surface area (Å²) in [5.41, 5.74) is 3.44. The largest absolute Gasteiger partial charge is 0.497 e. The van der Waals surface area contributed by atoms with Gasteiger partial charge in [0.25, 0.3) is 0 Å². The molecule has 0 bridgehead atoms. The van der Waals surface area contributed by atoms with Crippen molar-refractivity contribution in [3.63, 3.8) is 0 Å². The Labute approximate surface area is 149 Å². The van der Waals surface area contributed by atoms with Gasteiger partial charge in [0.2, 0.25) is 0 Å². The van der Waals surface area contributed by atoms with Crippen LogP contribution in [0, 0.1) is 0 Å². The molecule has 0 unspecified atom stereocenters. The molecule has 7 heteroatoms. The molecule has 2 heterocycles. The predicted molar refractivity (Wildman–Crippen MR) is 102 cm³/mol. The van der Waals surface area contributed by atoms with Crippen molar-refractivity contribution in [1.82, 2.24) is 19.5 Å². The SMILES string of the molecule is CCn1c(=O)[nH]c2cc3c(NCc4ccc(OC)cc4)ncnc3cc21. The standard InChI is InChI=1S/C19H19N5O2/c1-3-24-17-9-15-14(8-16(17)23-19(24)25)18(22-11-21-15)20-10-12-4-6-13(26-2)7-5-12/h4-9,11H,3,10H2,1-2H3,(H,23,25)(H,20,21,22). The highest BCUT2D eigenvalue weighted by Gasteiger charge is 2.10. The second kappa shape index (κ2) is 6.51. The van der Waals surface area contributed by atoms with Gasteiger partial charge in [0, 0.05) is 18.5 Å². The number of aryl methyl sites for hydroxylation is 1. The minimum Gasteiger partial charge on any atom is -0.497 e. The number of rotatable bonds is 5. The maximum atomic E-state index is 12.0. The van der Waals surface area contributed by atoms with Crippen LogP contribution in [0.1, 0.15) is 12.5 Å². The monoisotopic (exact) mass is 349 g/mol. The van der Waals surface area contributed by atoms with Gasteiger partial charge in [-0.15, -0.1) is 0 Å². The van der Waals surface area contributed by atoms with Crippen molar-refractivity contribution in [2.24, 2.45) is 0 Å². The second-order valence-electron chi connectivity index (χ2n) is 5.98. The van der Waals surface area contributed by atoms with E-state index in [9.17, 15) is 4.79 Å². The Kier molecular flexibility index (Phi) is 4.04. The number of nitrogens with zero attached hydrogens (tertiary/aromatic N) is 3. The van der Waals surface area contributed by atoms with Crippen molar-refractivity contribution >= 4 is 27.8 Å². The van der Waals surface area contributed by atoms with Crippen LogP contribution in [0.4, 0.5) is 5.82 Å². The first-order chi connectivity index (χ1) is 12.7. The molecule has 132 valence electrons. The number of aromatic amines is 1. The van der Waals surface area contributed by atoms with E-state index in [4.69, 9.17) is 4.74 Å². The maximum Gasteiger partial charge on any atom is 0.326 e. The quantitative estimate of drug-likeness (QED) is 0.579. The van der Waals surface area contributed by atoms with E-state index in [1.165, 1.54) is 6.33 Å². The van der Waals surface area contributed by atoms with Gasteiger partial charge in [-0.2, -0.15) is 0 Å². The molecule has 0 saturated carbocycles. The summed E-state index contributed by atoms with van der Waals surface area (Å²) in [6.07, 6.45) is 1.53. The van der Waals surface area contributed by atoms with E-state index in [1.807, 2.05) is 43.3 Å². The van der Waals surface area contributed by atoms with Gasteiger partial charge in [-0.25, -0.2) is 14.8 Å². The average molecular weight is 349 g/mol. The van der Waals surface area contributed by atoms with Crippen LogP contribution >= 0.6 is 0 Å². The van der Waals surface area contributed by atoms with Gasteiger partial charge in [-0.05, 0) is 36.8 Å². The molecule has 0 saturated heterocycles. The minimum atomic E-state index is -0.112. The van der Waals surface area contributed by atoms with Crippen LogP contribution in [-0.2, 0) is 13.1 Å². The van der Waals surface area contributed by atoms with Crippen LogP contribution in [0.2, 0.25) is 0 Å². The highest BCUT2D eigenvalue weighted by atomic mass is 16.5. The molecule has 2 N–H and O–H groups in total. The Morgan fingerprint density at radius 3 is 2.73 bits per heavy atom. The van der Waals surface area contributed by atoms with Crippen molar-refractivity contribution in [3.8, 4) is 5.75 Å². The first-order valence-electron chi connectivity index (χ1n) is 8.43. The molecular formula is C19H19N5O2. The van der Waals surface area contributed by atoms with Crippen LogP contribution in [0.3, 0.4) is 0 Å². The van der Waals surface area contributed by atoms with Gasteiger partial charge in [0.05, 0.1) is 23.7 Å². The summed E-state index contributed by atoms with van der Waals surface area (Å²) in [4.78, 5) is 23.7. The number of H-pyrrole nitrogens is 1. The summed E-state index contributed by atoms with van der Waals surface area (Å²) < 4.78 is 6.88. The minimum absolute atomic E-state index is 0.112. The fourth-order valence-corrected chi connectivity index (χ4v) is 3.09. The first kappa shape index (κ1) is 16.1. The topological polar surface area (TPSA) is 84.8 Å². The lowest BCUT2D eigenvalue weighted by Crippen LogP contribution is -2.14. The third kappa shape index (κ3) is 2.77. The third-order valence-corrected chi connectivity index (χ3v) is 4.47. The van der Waals surface area contributed by atoms with Gasteiger partial charge in [0.15, 0.2) is 0 Å². The molecule has 0 aliphatic heterocycles. The first-order valence-corrected chi connectivity index (χ1v) is 8.43. The van der Waals surface area contributed by atoms with Crippen LogP contribution in [0.15, 0.2) is 47.5 Å². The zero-order chi connectivity index (χ0) is 18.1. The summed E-state index contributed by atoms with van der Waals surface area (Å²) in [5, 5.41) is 4.22. The predicted octanol–water partition coefficient (Wildman–Crippen LogP) is 2.91. The molecule has 0 aliphatic carbocycles. The van der Waals surface area contributed by atoms with Gasteiger partial charge in [0.1, 0.15) is 17.9 Å². The van der Waals surface area contributed by atoms with E-state index in [0.29, 0.717) is 13.1 Å². The van der Waals surface area contributed by atoms with Gasteiger partial charge < -0.3 is 15.0 Å². The number of methoxy groups -OCH3 is 1. The Morgan fingerprint density at radius 2 is 2.00 bits per heavy atom. The van der Waals surface area contributed by atoms with Gasteiger partial charge in [-0.3, -0.25) is 4.57 Å². The van der Waals surface area contributed by atoms with Gasteiger partial charge >= 0.3 is 5.69 Å². The number of nitrogens with one attached hydrogen (secondary N) is 2. The summed E-state index contributed by atoms with van der Waals surface area (Å²) in [6.45, 7) is 3.18. The Hall–Kier alpha value is -3.35. The number of ether oxygens (including phenoxy) is 1. The molecule has 0 atom stereocenters. The van der Waals surface area contributed by atoms with Crippen molar-refractivity contribution in [2.75, 3.05) is 12.4 Å². The summed E-state index contributed by atoms with van der Waals surface area (Å²) in [5.74, 6) is 1.56. The van der Waals surface area contributed by atoms with Gasteiger partial charge in [-0.1, -0.05) is 12.1 Å². The van der Waals surface area contributed by atoms with E-state index in [2.05, 4.69) is 20.3 Å². The molecule has 2 aromatic carbocycles. The van der Waals surface area contributed by atoms with E-state index >= 15 is 0 Å². The number of aromatic nitrogens is 4. The van der Waals surface area contributed by atoms with Crippen LogP contribution in [-0.4, -0.2) is 26.6 Å². The Bertz CT molecular complexity index is 1130. The molecule has 0 aliphatic rings. The van der Waals surface area contributed by atoms with E-state index < -0.39 is 0 Å². The van der Waals surface area contributed by atoms with E-state index in [1.54, 1.807) is 11.7 Å². The zero-order valence-electron chi connectivity index (χ0n) is 14.6. The molecule has 2 aromatic heterocycles. The smallest absolute Gasteiger partial charge is 0.326 e. The van der Waals surface area contributed by atoms with Crippen LogP contribution in [0.25, 0.3) is 21.9 Å². The fraction of sp³-hybridized carbons (Fsp3) is 0.211. The summed E-state index contributed by atoms with van der Waals surface area (Å²) >= 11 is 0. The lowest BCUT2D eigenvalue weighted by Gasteiger charge is -2.09. The van der Waals surface area contributed by atoms with Crippen LogP contribution in [0.5, 0.6) is 5.75 Å². The number of anilines is 1. The van der Waals surface area contributed by atoms with E-state index in [-0.39, 0.29) is 5.69 Å². The van der Waals surface area contributed by atoms with E-state index in [0.717, 1.165) is 39.1 Å². The molecule has 0 spiro atoms. The average Bonchev–Trinajstić information content (AvgIpc) is 2.98. The number of fused-ring (bicyclic) bond motifs is 2. The molecule has 7 nitrogen and oxygen atoms in total. The second-order valence-corrected chi connectivity index (χ2v) is 5.98. The lowest BCUT2D eigenvalue weighted by atomic mass is 10.2. The molecule has 0 fully saturated rings. The molecule has 4 rings (SSSR count). The number of hydrogen-bond acceptors (Lipinski definition) is 5. The normalized spacial score (nSPS) is 11.2. The molecule has 0 radical (unpaired) electrons. The van der Waals surface area contributed by atoms with Crippen molar-refractivity contribution in [2.45, 2.75) is 20.0 Å². The molecule has 4 aromatic rings. The molecule has 0 amide bonds. The highest BCUT2D eigenvalue weighted by Crippen LogP contribution is 2.24. The highest BCUT2D eigenvalue weighted by molar-refractivity contribution is 5.98. The molecular weight excluding hydrogens is 330 g/mol. The Balaban J connectivity index is 1.70. The fourth-order valence-electron chi connectivity index (χ4n) is 3.09. The number of benzene rings is 2. The van der Waals surface area contributed by atoms with Crippen molar-refractivity contribution in [3.05, 3.63) is 58.8 Å². The van der Waals surface area contributed by atoms with Crippen LogP contribution < -0.4 is 15.7 Å². The molecule has 26 heavy (non-hydrogen) atoms. The Morgan fingerprint density at radius 1 is 1.19 bits per heavy atom. The summed E-state index contributed by atoms with van der Waals surface area (Å²) in [7, 11) is 1.65. The lowest BCUT2D eigenvalue weighted by molar-refractivity contribution is 0.414. The maximum absolute atomic E-state index is 12.0. The summed E-state index contributed by atoms with van der Waals surface area (Å²) in [6, 6.07) is 11.7. The zero-order valence-corrected chi connectivity index (χ0v) is 14.6. The van der Waals surface area contributed by atoms with Crippen molar-refractivity contribution in [1.29, 1.82) is 0 Å². The number of imidazole rings is 1. The third-order valence-electron chi connectivity index (χ3n) is 4.47.